The van der Waals surface area contributed by atoms with Crippen LogP contribution in [0.15, 0.2) is 48.5 Å². The van der Waals surface area contributed by atoms with E-state index in [1.807, 2.05) is 6.07 Å². The summed E-state index contributed by atoms with van der Waals surface area (Å²) in [5, 5.41) is 0. The standard InChI is InChI=1S/C19H21BrO/c1-2-3-6-14-9-11-15(12-10-14)19(20)18-13-16-7-4-5-8-17(16)21-18/h4-5,7-12,18-19H,2-3,6,13H2,1H3. The first-order chi connectivity index (χ1) is 10.3. The molecular formula is C19H21BrO. The van der Waals surface area contributed by atoms with E-state index in [1.54, 1.807) is 0 Å². The van der Waals surface area contributed by atoms with Crippen LogP contribution in [0, 0.1) is 0 Å². The highest BCUT2D eigenvalue weighted by molar-refractivity contribution is 9.09. The number of halogens is 1. The number of hydrogen-bond donors (Lipinski definition) is 0. The van der Waals surface area contributed by atoms with E-state index in [-0.39, 0.29) is 10.9 Å². The summed E-state index contributed by atoms with van der Waals surface area (Å²) in [4.78, 5) is 0.241. The molecule has 0 saturated carbocycles. The number of rotatable bonds is 5. The maximum Gasteiger partial charge on any atom is 0.123 e. The maximum absolute atomic E-state index is 6.07. The largest absolute Gasteiger partial charge is 0.488 e. The molecule has 1 aliphatic rings. The SMILES string of the molecule is CCCCc1ccc(C(Br)C2Cc3ccccc3O2)cc1. The number of para-hydroxylation sites is 1. The van der Waals surface area contributed by atoms with Crippen molar-refractivity contribution < 1.29 is 4.74 Å². The van der Waals surface area contributed by atoms with Gasteiger partial charge in [-0.25, -0.2) is 0 Å². The molecule has 0 bridgehead atoms. The average Bonchev–Trinajstić information content (AvgIpc) is 2.96. The average molecular weight is 345 g/mol. The van der Waals surface area contributed by atoms with Crippen molar-refractivity contribution in [2.45, 2.75) is 43.5 Å². The first kappa shape index (κ1) is 14.6. The van der Waals surface area contributed by atoms with Gasteiger partial charge in [0.15, 0.2) is 0 Å². The van der Waals surface area contributed by atoms with Gasteiger partial charge in [-0.2, -0.15) is 0 Å². The molecule has 2 heteroatoms. The molecule has 0 fully saturated rings. The normalized spacial score (nSPS) is 18.1. The van der Waals surface area contributed by atoms with Crippen LogP contribution in [0.2, 0.25) is 0 Å². The molecule has 0 N–H and O–H groups in total. The van der Waals surface area contributed by atoms with Gasteiger partial charge in [-0.1, -0.05) is 71.7 Å². The number of aryl methyl sites for hydroxylation is 1. The van der Waals surface area contributed by atoms with Crippen molar-refractivity contribution in [1.82, 2.24) is 0 Å². The molecule has 2 aromatic carbocycles. The highest BCUT2D eigenvalue weighted by Crippen LogP contribution is 2.38. The highest BCUT2D eigenvalue weighted by Gasteiger charge is 2.29. The van der Waals surface area contributed by atoms with E-state index in [0.29, 0.717) is 0 Å². The van der Waals surface area contributed by atoms with Crippen molar-refractivity contribution in [3.63, 3.8) is 0 Å². The Morgan fingerprint density at radius 3 is 2.62 bits per heavy atom. The van der Waals surface area contributed by atoms with Gasteiger partial charge >= 0.3 is 0 Å². The number of ether oxygens (including phenoxy) is 1. The van der Waals surface area contributed by atoms with Crippen molar-refractivity contribution in [3.05, 3.63) is 65.2 Å². The second-order valence-corrected chi connectivity index (χ2v) is 6.70. The molecule has 21 heavy (non-hydrogen) atoms. The molecule has 0 aliphatic carbocycles. The molecule has 0 aromatic heterocycles. The van der Waals surface area contributed by atoms with Crippen LogP contribution in [-0.4, -0.2) is 6.10 Å². The molecule has 2 atom stereocenters. The molecule has 0 radical (unpaired) electrons. The minimum Gasteiger partial charge on any atom is -0.488 e. The van der Waals surface area contributed by atoms with Crippen molar-refractivity contribution in [2.75, 3.05) is 0 Å². The summed E-state index contributed by atoms with van der Waals surface area (Å²) in [5.74, 6) is 1.03. The van der Waals surface area contributed by atoms with E-state index in [2.05, 4.69) is 65.3 Å². The summed E-state index contributed by atoms with van der Waals surface area (Å²) in [6.45, 7) is 2.23. The molecule has 1 nitrogen and oxygen atoms in total. The lowest BCUT2D eigenvalue weighted by molar-refractivity contribution is 0.232. The fourth-order valence-corrected chi connectivity index (χ4v) is 3.44. The van der Waals surface area contributed by atoms with Gasteiger partial charge in [-0.05, 0) is 35.6 Å². The van der Waals surface area contributed by atoms with Crippen LogP contribution in [0.5, 0.6) is 5.75 Å². The Labute approximate surface area is 135 Å². The Morgan fingerprint density at radius 1 is 1.14 bits per heavy atom. The van der Waals surface area contributed by atoms with Gasteiger partial charge in [-0.15, -0.1) is 0 Å². The molecule has 110 valence electrons. The van der Waals surface area contributed by atoms with Gasteiger partial charge in [-0.3, -0.25) is 0 Å². The van der Waals surface area contributed by atoms with Crippen LogP contribution in [0.1, 0.15) is 41.3 Å². The van der Waals surface area contributed by atoms with Crippen LogP contribution in [-0.2, 0) is 12.8 Å². The summed E-state index contributed by atoms with van der Waals surface area (Å²) in [6, 6.07) is 17.3. The van der Waals surface area contributed by atoms with E-state index in [0.717, 1.165) is 12.2 Å². The molecule has 0 amide bonds. The van der Waals surface area contributed by atoms with Crippen LogP contribution >= 0.6 is 15.9 Å². The molecule has 2 unspecified atom stereocenters. The van der Waals surface area contributed by atoms with E-state index in [9.17, 15) is 0 Å². The fraction of sp³-hybridized carbons (Fsp3) is 0.368. The van der Waals surface area contributed by atoms with Crippen molar-refractivity contribution in [2.24, 2.45) is 0 Å². The van der Waals surface area contributed by atoms with E-state index in [1.165, 1.54) is 36.0 Å². The van der Waals surface area contributed by atoms with Gasteiger partial charge in [0.1, 0.15) is 11.9 Å². The molecule has 1 heterocycles. The van der Waals surface area contributed by atoms with Crippen LogP contribution in [0.4, 0.5) is 0 Å². The number of unbranched alkanes of at least 4 members (excludes halogenated alkanes) is 1. The minimum atomic E-state index is 0.184. The third kappa shape index (κ3) is 3.32. The predicted molar refractivity (Wildman–Crippen MR) is 91.3 cm³/mol. The van der Waals surface area contributed by atoms with Crippen LogP contribution in [0.3, 0.4) is 0 Å². The summed E-state index contributed by atoms with van der Waals surface area (Å²) in [6.07, 6.45) is 4.84. The first-order valence-corrected chi connectivity index (χ1v) is 8.67. The number of fused-ring (bicyclic) bond motifs is 1. The minimum absolute atomic E-state index is 0.184. The number of alkyl halides is 1. The zero-order valence-electron chi connectivity index (χ0n) is 12.4. The van der Waals surface area contributed by atoms with Gasteiger partial charge in [0.2, 0.25) is 0 Å². The molecule has 2 aromatic rings. The molecular weight excluding hydrogens is 324 g/mol. The summed E-state index contributed by atoms with van der Waals surface area (Å²) in [7, 11) is 0. The van der Waals surface area contributed by atoms with Gasteiger partial charge in [0.05, 0.1) is 4.83 Å². The Hall–Kier alpha value is -1.28. The third-order valence-electron chi connectivity index (χ3n) is 4.12. The van der Waals surface area contributed by atoms with Crippen LogP contribution in [0.25, 0.3) is 0 Å². The summed E-state index contributed by atoms with van der Waals surface area (Å²) >= 11 is 3.82. The third-order valence-corrected chi connectivity index (χ3v) is 5.23. The Morgan fingerprint density at radius 2 is 1.90 bits per heavy atom. The zero-order chi connectivity index (χ0) is 14.7. The van der Waals surface area contributed by atoms with Gasteiger partial charge in [0.25, 0.3) is 0 Å². The lowest BCUT2D eigenvalue weighted by Crippen LogP contribution is -2.19. The van der Waals surface area contributed by atoms with Crippen molar-refractivity contribution in [1.29, 1.82) is 0 Å². The Kier molecular flexibility index (Phi) is 4.64. The summed E-state index contributed by atoms with van der Waals surface area (Å²) in [5.41, 5.74) is 4.04. The molecule has 0 spiro atoms. The Balaban J connectivity index is 1.67. The first-order valence-electron chi connectivity index (χ1n) is 7.75. The maximum atomic E-state index is 6.07. The molecule has 1 aliphatic heterocycles. The van der Waals surface area contributed by atoms with E-state index in [4.69, 9.17) is 4.74 Å². The fourth-order valence-electron chi connectivity index (χ4n) is 2.84. The topological polar surface area (TPSA) is 9.23 Å². The van der Waals surface area contributed by atoms with Gasteiger partial charge < -0.3 is 4.74 Å². The van der Waals surface area contributed by atoms with E-state index >= 15 is 0 Å². The molecule has 3 rings (SSSR count). The lowest BCUT2D eigenvalue weighted by atomic mass is 10.0. The second kappa shape index (κ2) is 6.65. The Bertz CT molecular complexity index is 566. The summed E-state index contributed by atoms with van der Waals surface area (Å²) < 4.78 is 6.07. The van der Waals surface area contributed by atoms with E-state index < -0.39 is 0 Å². The second-order valence-electron chi connectivity index (χ2n) is 5.72. The quantitative estimate of drug-likeness (QED) is 0.653. The van der Waals surface area contributed by atoms with Crippen molar-refractivity contribution in [3.8, 4) is 5.75 Å². The van der Waals surface area contributed by atoms with Crippen LogP contribution < -0.4 is 4.74 Å². The monoisotopic (exact) mass is 344 g/mol. The zero-order valence-corrected chi connectivity index (χ0v) is 14.0. The van der Waals surface area contributed by atoms with Gasteiger partial charge in [0, 0.05) is 6.42 Å². The number of hydrogen-bond acceptors (Lipinski definition) is 1. The lowest BCUT2D eigenvalue weighted by Gasteiger charge is -2.18. The smallest absolute Gasteiger partial charge is 0.123 e. The predicted octanol–water partition coefficient (Wildman–Crippen LogP) is 5.47. The molecule has 0 saturated heterocycles. The highest BCUT2D eigenvalue weighted by atomic mass is 79.9. The number of benzene rings is 2. The van der Waals surface area contributed by atoms with Crippen molar-refractivity contribution >= 4 is 15.9 Å².